The van der Waals surface area contributed by atoms with E-state index in [9.17, 15) is 4.79 Å². The first kappa shape index (κ1) is 21.1. The van der Waals surface area contributed by atoms with Gasteiger partial charge in [0.25, 0.3) is 0 Å². The Morgan fingerprint density at radius 3 is 2.62 bits per heavy atom. The minimum Gasteiger partial charge on any atom is -0.310 e. The number of hydrogen-bond donors (Lipinski definition) is 1. The normalized spacial score (nSPS) is 13.3. The van der Waals surface area contributed by atoms with Gasteiger partial charge in [0.05, 0.1) is 17.5 Å². The second-order valence-electron chi connectivity index (χ2n) is 7.03. The second kappa shape index (κ2) is 9.26. The second-order valence-corrected chi connectivity index (χ2v) is 8.34. The van der Waals surface area contributed by atoms with Crippen molar-refractivity contribution in [1.82, 2.24) is 24.5 Å². The van der Waals surface area contributed by atoms with Crippen molar-refractivity contribution in [2.75, 3.05) is 5.32 Å². The van der Waals surface area contributed by atoms with Gasteiger partial charge < -0.3 is 9.88 Å². The third kappa shape index (κ3) is 4.53. The van der Waals surface area contributed by atoms with Crippen LogP contribution in [0.15, 0.2) is 41.7 Å². The lowest BCUT2D eigenvalue weighted by atomic mass is 10.1. The Balaban J connectivity index is 1.76. The molecule has 1 N–H and O–H groups in total. The molecule has 0 fully saturated rings. The fraction of sp³-hybridized carbons (Fsp3) is 0.429. The van der Waals surface area contributed by atoms with E-state index in [0.29, 0.717) is 5.82 Å². The van der Waals surface area contributed by atoms with Crippen LogP contribution in [0.4, 0.5) is 5.82 Å². The summed E-state index contributed by atoms with van der Waals surface area (Å²) in [5.41, 5.74) is 2.21. The van der Waals surface area contributed by atoms with E-state index < -0.39 is 0 Å². The minimum absolute atomic E-state index is 0.0804. The Labute approximate surface area is 175 Å². The number of carbonyl (C=O) groups excluding carboxylic acids is 1. The van der Waals surface area contributed by atoms with Crippen molar-refractivity contribution in [1.29, 1.82) is 0 Å². The molecule has 3 aromatic rings. The van der Waals surface area contributed by atoms with Crippen molar-refractivity contribution >= 4 is 23.5 Å². The molecule has 0 aliphatic heterocycles. The number of thioether (sulfide) groups is 1. The molecule has 0 saturated heterocycles. The summed E-state index contributed by atoms with van der Waals surface area (Å²) < 4.78 is 3.90. The lowest BCUT2D eigenvalue weighted by molar-refractivity contribution is -0.115. The first-order valence-electron chi connectivity index (χ1n) is 9.96. The van der Waals surface area contributed by atoms with Gasteiger partial charge in [-0.25, -0.2) is 4.68 Å². The number of nitrogens with one attached hydrogen (secondary N) is 1. The molecule has 1 amide bonds. The number of amides is 1. The summed E-state index contributed by atoms with van der Waals surface area (Å²) in [6, 6.07) is 10.2. The molecule has 0 saturated carbocycles. The van der Waals surface area contributed by atoms with Gasteiger partial charge in [-0.3, -0.25) is 4.79 Å². The molecule has 0 aliphatic rings. The van der Waals surface area contributed by atoms with Crippen LogP contribution >= 0.6 is 11.8 Å². The fourth-order valence-electron chi connectivity index (χ4n) is 3.06. The Morgan fingerprint density at radius 2 is 1.93 bits per heavy atom. The summed E-state index contributed by atoms with van der Waals surface area (Å²) in [5.74, 6) is 1.47. The first-order chi connectivity index (χ1) is 14.0. The van der Waals surface area contributed by atoms with Crippen LogP contribution in [0, 0.1) is 6.92 Å². The van der Waals surface area contributed by atoms with Gasteiger partial charge in [-0.05, 0) is 39.7 Å². The summed E-state index contributed by atoms with van der Waals surface area (Å²) in [6.45, 7) is 10.9. The van der Waals surface area contributed by atoms with Crippen LogP contribution in [0.5, 0.6) is 0 Å². The monoisotopic (exact) mass is 412 g/mol. The molecule has 0 spiro atoms. The van der Waals surface area contributed by atoms with Gasteiger partial charge in [-0.15, -0.1) is 10.2 Å². The quantitative estimate of drug-likeness (QED) is 0.549. The molecular weight excluding hydrogens is 384 g/mol. The number of aromatic nitrogens is 5. The SMILES string of the molecule is CC[C@@H](C)n1nccc1NC(=O)[C@@H](C)Sc1nnc(-c2ccccc2C)n1CC. The highest BCUT2D eigenvalue weighted by molar-refractivity contribution is 8.00. The van der Waals surface area contributed by atoms with Gasteiger partial charge in [0.15, 0.2) is 11.0 Å². The molecule has 29 heavy (non-hydrogen) atoms. The maximum atomic E-state index is 12.8. The van der Waals surface area contributed by atoms with E-state index in [1.807, 2.05) is 35.9 Å². The van der Waals surface area contributed by atoms with Gasteiger partial charge in [-0.2, -0.15) is 5.10 Å². The van der Waals surface area contributed by atoms with Gasteiger partial charge in [0.1, 0.15) is 5.82 Å². The molecule has 2 atom stereocenters. The number of benzene rings is 1. The average Bonchev–Trinajstić information content (AvgIpc) is 3.34. The number of rotatable bonds is 8. The Hall–Kier alpha value is -2.61. The van der Waals surface area contributed by atoms with E-state index in [1.54, 1.807) is 6.20 Å². The molecule has 1 aromatic carbocycles. The molecule has 2 aromatic heterocycles. The smallest absolute Gasteiger partial charge is 0.238 e. The van der Waals surface area contributed by atoms with Crippen molar-refractivity contribution < 1.29 is 4.79 Å². The van der Waals surface area contributed by atoms with Crippen LogP contribution in [0.25, 0.3) is 11.4 Å². The lowest BCUT2D eigenvalue weighted by Crippen LogP contribution is -2.25. The lowest BCUT2D eigenvalue weighted by Gasteiger charge is -2.16. The van der Waals surface area contributed by atoms with Crippen molar-refractivity contribution in [3.8, 4) is 11.4 Å². The topological polar surface area (TPSA) is 77.6 Å². The van der Waals surface area contributed by atoms with Crippen molar-refractivity contribution in [3.63, 3.8) is 0 Å². The number of carbonyl (C=O) groups is 1. The first-order valence-corrected chi connectivity index (χ1v) is 10.8. The van der Waals surface area contributed by atoms with Crippen LogP contribution in [-0.4, -0.2) is 35.7 Å². The molecule has 8 heteroatoms. The number of anilines is 1. The molecule has 3 rings (SSSR count). The Morgan fingerprint density at radius 1 is 1.17 bits per heavy atom. The van der Waals surface area contributed by atoms with Crippen LogP contribution in [0.3, 0.4) is 0 Å². The summed E-state index contributed by atoms with van der Waals surface area (Å²) in [5, 5.41) is 16.5. The average molecular weight is 413 g/mol. The molecule has 0 aliphatic carbocycles. The predicted molar refractivity (Wildman–Crippen MR) is 117 cm³/mol. The fourth-order valence-corrected chi connectivity index (χ4v) is 3.97. The summed E-state index contributed by atoms with van der Waals surface area (Å²) in [7, 11) is 0. The van der Waals surface area contributed by atoms with Gasteiger partial charge in [-0.1, -0.05) is 43.0 Å². The van der Waals surface area contributed by atoms with E-state index in [1.165, 1.54) is 11.8 Å². The third-order valence-corrected chi connectivity index (χ3v) is 6.08. The van der Waals surface area contributed by atoms with Crippen LogP contribution in [0.1, 0.15) is 45.7 Å². The summed E-state index contributed by atoms with van der Waals surface area (Å²) in [6.07, 6.45) is 2.65. The Bertz CT molecular complexity index is 979. The maximum Gasteiger partial charge on any atom is 0.238 e. The predicted octanol–water partition coefficient (Wildman–Crippen LogP) is 4.56. The van der Waals surface area contributed by atoms with E-state index in [2.05, 4.69) is 58.9 Å². The summed E-state index contributed by atoms with van der Waals surface area (Å²) >= 11 is 1.41. The van der Waals surface area contributed by atoms with Gasteiger partial charge >= 0.3 is 0 Å². The molecule has 2 heterocycles. The van der Waals surface area contributed by atoms with Crippen molar-refractivity contribution in [2.45, 2.75) is 64.0 Å². The maximum absolute atomic E-state index is 12.8. The highest BCUT2D eigenvalue weighted by Crippen LogP contribution is 2.29. The summed E-state index contributed by atoms with van der Waals surface area (Å²) in [4.78, 5) is 12.8. The van der Waals surface area contributed by atoms with Crippen molar-refractivity contribution in [2.24, 2.45) is 0 Å². The number of nitrogens with zero attached hydrogens (tertiary/aromatic N) is 5. The Kier molecular flexibility index (Phi) is 6.74. The van der Waals surface area contributed by atoms with Crippen LogP contribution in [-0.2, 0) is 11.3 Å². The van der Waals surface area contributed by atoms with Gasteiger partial charge in [0, 0.05) is 18.2 Å². The van der Waals surface area contributed by atoms with E-state index >= 15 is 0 Å². The van der Waals surface area contributed by atoms with Crippen LogP contribution in [0.2, 0.25) is 0 Å². The minimum atomic E-state index is -0.325. The largest absolute Gasteiger partial charge is 0.310 e. The molecule has 154 valence electrons. The van der Waals surface area contributed by atoms with E-state index in [4.69, 9.17) is 0 Å². The molecule has 7 nitrogen and oxygen atoms in total. The number of hydrogen-bond acceptors (Lipinski definition) is 5. The molecular formula is C21H28N6OS. The molecule has 0 radical (unpaired) electrons. The van der Waals surface area contributed by atoms with E-state index in [-0.39, 0.29) is 17.2 Å². The third-order valence-electron chi connectivity index (χ3n) is 5.00. The van der Waals surface area contributed by atoms with Crippen LogP contribution < -0.4 is 5.32 Å². The highest BCUT2D eigenvalue weighted by Gasteiger charge is 2.22. The zero-order valence-corrected chi connectivity index (χ0v) is 18.4. The zero-order chi connectivity index (χ0) is 21.0. The number of aryl methyl sites for hydroxylation is 1. The molecule has 0 bridgehead atoms. The van der Waals surface area contributed by atoms with Gasteiger partial charge in [0.2, 0.25) is 5.91 Å². The standard InChI is InChI=1S/C21H28N6OS/c1-6-15(4)27-18(12-13-22-27)23-20(28)16(5)29-21-25-24-19(26(21)7-2)17-11-9-8-10-14(17)3/h8-13,15-16H,6-7H2,1-5H3,(H,23,28)/t15-,16-/m1/s1. The highest BCUT2D eigenvalue weighted by atomic mass is 32.2. The van der Waals surface area contributed by atoms with E-state index in [0.717, 1.165) is 35.1 Å². The zero-order valence-electron chi connectivity index (χ0n) is 17.6. The molecule has 0 unspecified atom stereocenters. The van der Waals surface area contributed by atoms with Crippen molar-refractivity contribution in [3.05, 3.63) is 42.1 Å².